The van der Waals surface area contributed by atoms with E-state index in [1.54, 1.807) is 12.1 Å². The lowest BCUT2D eigenvalue weighted by Gasteiger charge is -2.19. The number of aromatic carboxylic acids is 1. The van der Waals surface area contributed by atoms with E-state index >= 15 is 0 Å². The summed E-state index contributed by atoms with van der Waals surface area (Å²) in [5, 5.41) is 9.18. The molecule has 0 atom stereocenters. The molecule has 0 radical (unpaired) electrons. The first-order valence-electron chi connectivity index (χ1n) is 6.25. The smallest absolute Gasteiger partial charge is 0.356 e. The van der Waals surface area contributed by atoms with Crippen LogP contribution in [0.25, 0.3) is 0 Å². The zero-order valence-electron chi connectivity index (χ0n) is 11.3. The summed E-state index contributed by atoms with van der Waals surface area (Å²) in [7, 11) is 1.84. The van der Waals surface area contributed by atoms with Crippen molar-refractivity contribution in [1.29, 1.82) is 0 Å². The largest absolute Gasteiger partial charge is 0.476 e. The van der Waals surface area contributed by atoms with Crippen molar-refractivity contribution in [2.24, 2.45) is 0 Å². The van der Waals surface area contributed by atoms with Crippen LogP contribution in [0.3, 0.4) is 0 Å². The summed E-state index contributed by atoms with van der Waals surface area (Å²) in [6.07, 6.45) is 0.979. The van der Waals surface area contributed by atoms with Gasteiger partial charge in [0, 0.05) is 12.7 Å². The SMILES string of the molecule is CCc1ccc(N(C)c2ccc(Cl)c(C(=O)O)n2)cc1. The number of carboxylic acids is 1. The number of carboxylic acid groups (broad SMARTS) is 1. The molecule has 0 spiro atoms. The van der Waals surface area contributed by atoms with Crippen LogP contribution in [-0.2, 0) is 6.42 Å². The topological polar surface area (TPSA) is 53.4 Å². The lowest BCUT2D eigenvalue weighted by Crippen LogP contribution is -2.13. The van der Waals surface area contributed by atoms with Crippen LogP contribution in [0.4, 0.5) is 11.5 Å². The van der Waals surface area contributed by atoms with Crippen LogP contribution in [0.2, 0.25) is 5.02 Å². The molecular formula is C15H15ClN2O2. The van der Waals surface area contributed by atoms with Crippen molar-refractivity contribution in [2.45, 2.75) is 13.3 Å². The molecule has 4 nitrogen and oxygen atoms in total. The maximum absolute atomic E-state index is 11.1. The Hall–Kier alpha value is -2.07. The third-order valence-corrected chi connectivity index (χ3v) is 3.41. The Morgan fingerprint density at radius 3 is 2.45 bits per heavy atom. The van der Waals surface area contributed by atoms with Crippen molar-refractivity contribution in [3.8, 4) is 0 Å². The van der Waals surface area contributed by atoms with Gasteiger partial charge in [-0.25, -0.2) is 9.78 Å². The molecule has 0 amide bonds. The maximum atomic E-state index is 11.1. The van der Waals surface area contributed by atoms with E-state index < -0.39 is 5.97 Å². The molecule has 0 saturated heterocycles. The molecule has 0 aliphatic heterocycles. The van der Waals surface area contributed by atoms with Gasteiger partial charge in [-0.15, -0.1) is 0 Å². The van der Waals surface area contributed by atoms with E-state index in [0.717, 1.165) is 12.1 Å². The second-order valence-corrected chi connectivity index (χ2v) is 4.79. The van der Waals surface area contributed by atoms with E-state index in [2.05, 4.69) is 11.9 Å². The molecule has 0 unspecified atom stereocenters. The highest BCUT2D eigenvalue weighted by molar-refractivity contribution is 6.33. The molecule has 1 N–H and O–H groups in total. The van der Waals surface area contributed by atoms with Gasteiger partial charge in [-0.1, -0.05) is 30.7 Å². The standard InChI is InChI=1S/C15H15ClN2O2/c1-3-10-4-6-11(7-5-10)18(2)13-9-8-12(16)14(17-13)15(19)20/h4-9H,3H2,1-2H3,(H,19,20). The average Bonchev–Trinajstić information content (AvgIpc) is 2.47. The first-order valence-corrected chi connectivity index (χ1v) is 6.63. The molecule has 0 aliphatic carbocycles. The number of benzene rings is 1. The Morgan fingerprint density at radius 1 is 1.25 bits per heavy atom. The Morgan fingerprint density at radius 2 is 1.90 bits per heavy atom. The zero-order chi connectivity index (χ0) is 14.7. The number of nitrogens with zero attached hydrogens (tertiary/aromatic N) is 2. The Labute approximate surface area is 122 Å². The zero-order valence-corrected chi connectivity index (χ0v) is 12.1. The summed E-state index contributed by atoms with van der Waals surface area (Å²) in [4.78, 5) is 17.0. The van der Waals surface area contributed by atoms with Gasteiger partial charge in [0.1, 0.15) is 5.82 Å². The molecular weight excluding hydrogens is 276 g/mol. The summed E-state index contributed by atoms with van der Waals surface area (Å²) in [6.45, 7) is 2.10. The molecule has 1 aromatic carbocycles. The second kappa shape index (κ2) is 5.92. The van der Waals surface area contributed by atoms with Gasteiger partial charge in [0.15, 0.2) is 5.69 Å². The van der Waals surface area contributed by atoms with Crippen molar-refractivity contribution >= 4 is 29.1 Å². The van der Waals surface area contributed by atoms with Crippen LogP contribution in [0.1, 0.15) is 23.0 Å². The van der Waals surface area contributed by atoms with Crippen LogP contribution >= 0.6 is 11.6 Å². The minimum absolute atomic E-state index is 0.135. The highest BCUT2D eigenvalue weighted by Gasteiger charge is 2.14. The Kier molecular flexibility index (Phi) is 4.25. The summed E-state index contributed by atoms with van der Waals surface area (Å²) in [5.74, 6) is -0.595. The minimum atomic E-state index is -1.13. The van der Waals surface area contributed by atoms with E-state index in [-0.39, 0.29) is 10.7 Å². The van der Waals surface area contributed by atoms with Gasteiger partial charge < -0.3 is 10.0 Å². The van der Waals surface area contributed by atoms with Gasteiger partial charge >= 0.3 is 5.97 Å². The normalized spacial score (nSPS) is 10.3. The van der Waals surface area contributed by atoms with Gasteiger partial charge in [0.2, 0.25) is 0 Å². The molecule has 104 valence electrons. The molecule has 20 heavy (non-hydrogen) atoms. The molecule has 0 fully saturated rings. The van der Waals surface area contributed by atoms with E-state index in [0.29, 0.717) is 5.82 Å². The first kappa shape index (κ1) is 14.3. The lowest BCUT2D eigenvalue weighted by molar-refractivity contribution is 0.0691. The number of carbonyl (C=O) groups is 1. The minimum Gasteiger partial charge on any atom is -0.476 e. The number of halogens is 1. The Balaban J connectivity index is 2.34. The Bertz CT molecular complexity index is 626. The summed E-state index contributed by atoms with van der Waals surface area (Å²) in [6, 6.07) is 11.3. The number of hydrogen-bond donors (Lipinski definition) is 1. The fourth-order valence-corrected chi connectivity index (χ4v) is 2.04. The second-order valence-electron chi connectivity index (χ2n) is 4.38. The van der Waals surface area contributed by atoms with E-state index in [1.807, 2.05) is 36.2 Å². The quantitative estimate of drug-likeness (QED) is 0.931. The van der Waals surface area contributed by atoms with Crippen molar-refractivity contribution in [1.82, 2.24) is 4.98 Å². The summed E-state index contributed by atoms with van der Waals surface area (Å²) < 4.78 is 0. The molecule has 0 aliphatic rings. The molecule has 2 rings (SSSR count). The lowest BCUT2D eigenvalue weighted by atomic mass is 10.1. The van der Waals surface area contributed by atoms with Crippen LogP contribution in [-0.4, -0.2) is 23.1 Å². The van der Waals surface area contributed by atoms with Gasteiger partial charge in [0.25, 0.3) is 0 Å². The predicted molar refractivity (Wildman–Crippen MR) is 80.1 cm³/mol. The maximum Gasteiger partial charge on any atom is 0.356 e. The van der Waals surface area contributed by atoms with Crippen LogP contribution in [0.15, 0.2) is 36.4 Å². The number of hydrogen-bond acceptors (Lipinski definition) is 3. The molecule has 1 heterocycles. The average molecular weight is 291 g/mol. The molecule has 0 bridgehead atoms. The number of aromatic nitrogens is 1. The number of anilines is 2. The van der Waals surface area contributed by atoms with E-state index in [1.165, 1.54) is 5.56 Å². The predicted octanol–water partition coefficient (Wildman–Crippen LogP) is 3.76. The van der Waals surface area contributed by atoms with E-state index in [4.69, 9.17) is 16.7 Å². The third kappa shape index (κ3) is 2.91. The fourth-order valence-electron chi connectivity index (χ4n) is 1.86. The first-order chi connectivity index (χ1) is 9.52. The van der Waals surface area contributed by atoms with Gasteiger partial charge in [0.05, 0.1) is 5.02 Å². The molecule has 1 aromatic heterocycles. The van der Waals surface area contributed by atoms with Crippen molar-refractivity contribution in [3.05, 3.63) is 52.7 Å². The highest BCUT2D eigenvalue weighted by atomic mass is 35.5. The fraction of sp³-hybridized carbons (Fsp3) is 0.200. The summed E-state index contributed by atoms with van der Waals surface area (Å²) in [5.41, 5.74) is 2.05. The van der Waals surface area contributed by atoms with Crippen molar-refractivity contribution in [3.63, 3.8) is 0 Å². The molecule has 2 aromatic rings. The van der Waals surface area contributed by atoms with Gasteiger partial charge in [-0.2, -0.15) is 0 Å². The van der Waals surface area contributed by atoms with E-state index in [9.17, 15) is 4.79 Å². The van der Waals surface area contributed by atoms with Gasteiger partial charge in [-0.05, 0) is 36.2 Å². The van der Waals surface area contributed by atoms with Crippen molar-refractivity contribution < 1.29 is 9.90 Å². The molecule has 0 saturated carbocycles. The van der Waals surface area contributed by atoms with Gasteiger partial charge in [-0.3, -0.25) is 0 Å². The third-order valence-electron chi connectivity index (χ3n) is 3.11. The number of pyridine rings is 1. The summed E-state index contributed by atoms with van der Waals surface area (Å²) >= 11 is 5.82. The highest BCUT2D eigenvalue weighted by Crippen LogP contribution is 2.25. The van der Waals surface area contributed by atoms with Crippen LogP contribution < -0.4 is 4.90 Å². The van der Waals surface area contributed by atoms with Crippen LogP contribution in [0.5, 0.6) is 0 Å². The van der Waals surface area contributed by atoms with Crippen LogP contribution in [0, 0.1) is 0 Å². The number of aryl methyl sites for hydroxylation is 1. The number of rotatable bonds is 4. The van der Waals surface area contributed by atoms with Crippen molar-refractivity contribution in [2.75, 3.05) is 11.9 Å². The molecule has 5 heteroatoms. The monoisotopic (exact) mass is 290 g/mol.